The van der Waals surface area contributed by atoms with Crippen molar-refractivity contribution in [1.82, 2.24) is 9.97 Å². The van der Waals surface area contributed by atoms with Crippen LogP contribution >= 0.6 is 0 Å². The molecular weight excluding hydrogens is 272 g/mol. The summed E-state index contributed by atoms with van der Waals surface area (Å²) in [5, 5.41) is 9.04. The van der Waals surface area contributed by atoms with E-state index >= 15 is 0 Å². The lowest BCUT2D eigenvalue weighted by atomic mass is 10.2. The Morgan fingerprint density at radius 2 is 2.00 bits per heavy atom. The van der Waals surface area contributed by atoms with Crippen molar-refractivity contribution in [1.29, 1.82) is 0 Å². The average molecular weight is 288 g/mol. The van der Waals surface area contributed by atoms with Crippen LogP contribution in [0.1, 0.15) is 28.8 Å². The highest BCUT2D eigenvalue weighted by Crippen LogP contribution is 2.32. The molecule has 1 aromatic carbocycles. The van der Waals surface area contributed by atoms with E-state index in [1.54, 1.807) is 19.1 Å². The number of aryl methyl sites for hydroxylation is 2. The third-order valence-corrected chi connectivity index (χ3v) is 2.85. The second-order valence-electron chi connectivity index (χ2n) is 4.37. The van der Waals surface area contributed by atoms with Gasteiger partial charge in [-0.1, -0.05) is 6.92 Å². The normalized spacial score (nSPS) is 10.2. The van der Waals surface area contributed by atoms with Gasteiger partial charge in [0, 0.05) is 11.8 Å². The lowest BCUT2D eigenvalue weighted by molar-refractivity contribution is 0.0696. The van der Waals surface area contributed by atoms with Crippen molar-refractivity contribution in [3.63, 3.8) is 0 Å². The monoisotopic (exact) mass is 288 g/mol. The fourth-order valence-corrected chi connectivity index (χ4v) is 1.83. The summed E-state index contributed by atoms with van der Waals surface area (Å²) >= 11 is 0. The summed E-state index contributed by atoms with van der Waals surface area (Å²) in [7, 11) is 1.49. The molecule has 0 aliphatic rings. The Morgan fingerprint density at radius 3 is 2.62 bits per heavy atom. The standard InChI is InChI=1S/C15H16N2O4/c1-4-11-8-14(17-9(2)16-11)21-13-7-10(15(18)19)5-6-12(13)20-3/h5-8H,4H2,1-3H3,(H,18,19). The van der Waals surface area contributed by atoms with Crippen molar-refractivity contribution in [2.75, 3.05) is 7.11 Å². The van der Waals surface area contributed by atoms with Crippen LogP contribution in [0.4, 0.5) is 0 Å². The highest BCUT2D eigenvalue weighted by molar-refractivity contribution is 5.88. The van der Waals surface area contributed by atoms with Gasteiger partial charge in [0.05, 0.1) is 12.7 Å². The molecule has 6 nitrogen and oxygen atoms in total. The summed E-state index contributed by atoms with van der Waals surface area (Å²) in [5.41, 5.74) is 0.971. The van der Waals surface area contributed by atoms with Gasteiger partial charge in [0.25, 0.3) is 0 Å². The number of methoxy groups -OCH3 is 1. The smallest absolute Gasteiger partial charge is 0.335 e. The molecule has 0 saturated carbocycles. The fourth-order valence-electron chi connectivity index (χ4n) is 1.83. The Labute approximate surface area is 122 Å². The molecule has 0 bridgehead atoms. The predicted molar refractivity (Wildman–Crippen MR) is 76.2 cm³/mol. The molecule has 1 aromatic heterocycles. The number of carboxylic acid groups (broad SMARTS) is 1. The zero-order valence-corrected chi connectivity index (χ0v) is 12.1. The Kier molecular flexibility index (Phi) is 4.37. The molecule has 2 aromatic rings. The second-order valence-corrected chi connectivity index (χ2v) is 4.37. The number of benzene rings is 1. The molecule has 2 rings (SSSR count). The third kappa shape index (κ3) is 3.47. The molecule has 6 heteroatoms. The molecule has 0 fully saturated rings. The molecule has 110 valence electrons. The quantitative estimate of drug-likeness (QED) is 0.911. The number of carboxylic acids is 1. The van der Waals surface area contributed by atoms with E-state index in [9.17, 15) is 4.79 Å². The van der Waals surface area contributed by atoms with Crippen LogP contribution < -0.4 is 9.47 Å². The molecule has 0 saturated heterocycles. The van der Waals surface area contributed by atoms with Crippen LogP contribution in [0.15, 0.2) is 24.3 Å². The summed E-state index contributed by atoms with van der Waals surface area (Å²) in [5.74, 6) is 0.667. The lowest BCUT2D eigenvalue weighted by Gasteiger charge is -2.11. The summed E-state index contributed by atoms with van der Waals surface area (Å²) in [4.78, 5) is 19.5. The minimum Gasteiger partial charge on any atom is -0.493 e. The van der Waals surface area contributed by atoms with E-state index in [4.69, 9.17) is 14.6 Å². The second kappa shape index (κ2) is 6.21. The van der Waals surface area contributed by atoms with Crippen molar-refractivity contribution in [3.05, 3.63) is 41.3 Å². The zero-order chi connectivity index (χ0) is 15.4. The summed E-state index contributed by atoms with van der Waals surface area (Å²) in [6, 6.07) is 6.13. The van der Waals surface area contributed by atoms with Crippen LogP contribution in [-0.2, 0) is 6.42 Å². The zero-order valence-electron chi connectivity index (χ0n) is 12.1. The van der Waals surface area contributed by atoms with Crippen molar-refractivity contribution in [3.8, 4) is 17.4 Å². The van der Waals surface area contributed by atoms with Crippen LogP contribution in [0.3, 0.4) is 0 Å². The molecule has 0 aliphatic carbocycles. The Balaban J connectivity index is 2.40. The molecular formula is C15H16N2O4. The molecule has 21 heavy (non-hydrogen) atoms. The molecule has 0 atom stereocenters. The molecule has 1 heterocycles. The van der Waals surface area contributed by atoms with Gasteiger partial charge in [0.1, 0.15) is 5.82 Å². The summed E-state index contributed by atoms with van der Waals surface area (Å²) < 4.78 is 10.9. The van der Waals surface area contributed by atoms with Gasteiger partial charge in [-0.25, -0.2) is 9.78 Å². The summed E-state index contributed by atoms with van der Waals surface area (Å²) in [6.07, 6.45) is 0.756. The maximum Gasteiger partial charge on any atom is 0.335 e. The van der Waals surface area contributed by atoms with Crippen LogP contribution in [0.5, 0.6) is 17.4 Å². The van der Waals surface area contributed by atoms with Crippen LogP contribution in [0, 0.1) is 6.92 Å². The Hall–Kier alpha value is -2.63. The largest absolute Gasteiger partial charge is 0.493 e. The third-order valence-electron chi connectivity index (χ3n) is 2.85. The molecule has 0 radical (unpaired) electrons. The molecule has 0 spiro atoms. The van der Waals surface area contributed by atoms with Crippen molar-refractivity contribution in [2.24, 2.45) is 0 Å². The van der Waals surface area contributed by atoms with Crippen LogP contribution in [0.2, 0.25) is 0 Å². The molecule has 0 unspecified atom stereocenters. The highest BCUT2D eigenvalue weighted by Gasteiger charge is 2.12. The van der Waals surface area contributed by atoms with Gasteiger partial charge < -0.3 is 14.6 Å². The van der Waals surface area contributed by atoms with E-state index in [0.717, 1.165) is 12.1 Å². The fraction of sp³-hybridized carbons (Fsp3) is 0.267. The van der Waals surface area contributed by atoms with Gasteiger partial charge in [-0.2, -0.15) is 4.98 Å². The minimum atomic E-state index is -1.03. The van der Waals surface area contributed by atoms with E-state index in [-0.39, 0.29) is 5.56 Å². The first-order chi connectivity index (χ1) is 10.0. The van der Waals surface area contributed by atoms with E-state index in [0.29, 0.717) is 23.2 Å². The average Bonchev–Trinajstić information content (AvgIpc) is 2.46. The number of ether oxygens (including phenoxy) is 2. The minimum absolute atomic E-state index is 0.118. The maximum atomic E-state index is 11.0. The van der Waals surface area contributed by atoms with Gasteiger partial charge in [0.15, 0.2) is 11.5 Å². The maximum absolute atomic E-state index is 11.0. The number of hydrogen-bond acceptors (Lipinski definition) is 5. The number of aromatic carboxylic acids is 1. The molecule has 0 amide bonds. The number of rotatable bonds is 5. The lowest BCUT2D eigenvalue weighted by Crippen LogP contribution is -2.01. The van der Waals surface area contributed by atoms with Crippen molar-refractivity contribution < 1.29 is 19.4 Å². The highest BCUT2D eigenvalue weighted by atomic mass is 16.5. The number of carbonyl (C=O) groups is 1. The SMILES string of the molecule is CCc1cc(Oc2cc(C(=O)O)ccc2OC)nc(C)n1. The van der Waals surface area contributed by atoms with Crippen molar-refractivity contribution in [2.45, 2.75) is 20.3 Å². The predicted octanol–water partition coefficient (Wildman–Crippen LogP) is 2.85. The molecule has 1 N–H and O–H groups in total. The van der Waals surface area contributed by atoms with Gasteiger partial charge in [0.2, 0.25) is 5.88 Å². The number of hydrogen-bond donors (Lipinski definition) is 1. The first-order valence-corrected chi connectivity index (χ1v) is 6.47. The van der Waals surface area contributed by atoms with Gasteiger partial charge in [-0.05, 0) is 31.5 Å². The Bertz CT molecular complexity index is 671. The van der Waals surface area contributed by atoms with Gasteiger partial charge in [-0.3, -0.25) is 0 Å². The van der Waals surface area contributed by atoms with Crippen LogP contribution in [-0.4, -0.2) is 28.2 Å². The number of nitrogens with zero attached hydrogens (tertiary/aromatic N) is 2. The van der Waals surface area contributed by atoms with Gasteiger partial charge in [-0.15, -0.1) is 0 Å². The Morgan fingerprint density at radius 1 is 1.24 bits per heavy atom. The van der Waals surface area contributed by atoms with E-state index in [2.05, 4.69) is 9.97 Å². The van der Waals surface area contributed by atoms with Crippen LogP contribution in [0.25, 0.3) is 0 Å². The van der Waals surface area contributed by atoms with Crippen molar-refractivity contribution >= 4 is 5.97 Å². The van der Waals surface area contributed by atoms with E-state index in [1.807, 2.05) is 6.92 Å². The van der Waals surface area contributed by atoms with E-state index < -0.39 is 5.97 Å². The first kappa shape index (κ1) is 14.8. The first-order valence-electron chi connectivity index (χ1n) is 6.47. The number of aromatic nitrogens is 2. The summed E-state index contributed by atoms with van der Waals surface area (Å²) in [6.45, 7) is 3.76. The topological polar surface area (TPSA) is 81.5 Å². The molecule has 0 aliphatic heterocycles. The van der Waals surface area contributed by atoms with E-state index in [1.165, 1.54) is 19.2 Å². The van der Waals surface area contributed by atoms with Gasteiger partial charge >= 0.3 is 5.97 Å².